The molecule has 1 aliphatic heterocycles. The second kappa shape index (κ2) is 8.64. The molecule has 2 fully saturated rings. The van der Waals surface area contributed by atoms with Crippen molar-refractivity contribution in [2.75, 3.05) is 20.1 Å². The van der Waals surface area contributed by atoms with Gasteiger partial charge in [0.1, 0.15) is 0 Å². The van der Waals surface area contributed by atoms with Crippen LogP contribution in [0.3, 0.4) is 0 Å². The minimum absolute atomic E-state index is 0.113. The lowest BCUT2D eigenvalue weighted by Crippen LogP contribution is -2.60. The fraction of sp³-hybridized carbons (Fsp3) is 0.500. The first-order valence-corrected chi connectivity index (χ1v) is 10.7. The van der Waals surface area contributed by atoms with Gasteiger partial charge in [0.25, 0.3) is 0 Å². The van der Waals surface area contributed by atoms with E-state index in [0.717, 1.165) is 43.4 Å². The van der Waals surface area contributed by atoms with Gasteiger partial charge >= 0.3 is 0 Å². The second-order valence-electron chi connectivity index (χ2n) is 8.61. The molecule has 1 N–H and O–H groups in total. The molecule has 1 saturated heterocycles. The Morgan fingerprint density at radius 3 is 2.66 bits per heavy atom. The third kappa shape index (κ3) is 4.21. The molecule has 2 aliphatic rings. The second-order valence-corrected chi connectivity index (χ2v) is 8.61. The summed E-state index contributed by atoms with van der Waals surface area (Å²) in [6, 6.07) is 14.1. The third-order valence-electron chi connectivity index (χ3n) is 6.68. The molecule has 1 saturated carbocycles. The first-order valence-electron chi connectivity index (χ1n) is 10.7. The molecule has 154 valence electrons. The van der Waals surface area contributed by atoms with Gasteiger partial charge in [0.2, 0.25) is 5.91 Å². The van der Waals surface area contributed by atoms with Gasteiger partial charge in [0, 0.05) is 37.4 Å². The number of aromatic nitrogens is 1. The van der Waals surface area contributed by atoms with E-state index in [1.165, 1.54) is 0 Å². The monoisotopic (exact) mass is 393 g/mol. The molecular formula is C24H31N3O2. The normalized spacial score (nSPS) is 26.9. The van der Waals surface area contributed by atoms with Crippen molar-refractivity contribution < 1.29 is 9.90 Å². The molecule has 0 radical (unpaired) electrons. The number of carbonyl (C=O) groups is 1. The maximum atomic E-state index is 13.2. The Labute approximate surface area is 173 Å². The van der Waals surface area contributed by atoms with Gasteiger partial charge in [0.15, 0.2) is 0 Å². The van der Waals surface area contributed by atoms with E-state index in [1.807, 2.05) is 49.5 Å². The van der Waals surface area contributed by atoms with Gasteiger partial charge in [-0.2, -0.15) is 0 Å². The zero-order chi connectivity index (χ0) is 20.3. The van der Waals surface area contributed by atoms with Crippen LogP contribution < -0.4 is 0 Å². The molecule has 0 unspecified atom stereocenters. The molecule has 1 aliphatic carbocycles. The first-order chi connectivity index (χ1) is 14.1. The van der Waals surface area contributed by atoms with Crippen LogP contribution in [0, 0.1) is 5.92 Å². The molecule has 5 nitrogen and oxygen atoms in total. The molecule has 3 atom stereocenters. The number of hydrogen-bond donors (Lipinski definition) is 1. The van der Waals surface area contributed by atoms with Gasteiger partial charge in [-0.05, 0) is 49.6 Å². The molecule has 1 amide bonds. The summed E-state index contributed by atoms with van der Waals surface area (Å²) in [7, 11) is 1.99. The summed E-state index contributed by atoms with van der Waals surface area (Å²) in [4.78, 5) is 21.4. The Morgan fingerprint density at radius 2 is 1.90 bits per heavy atom. The maximum absolute atomic E-state index is 13.2. The number of rotatable bonds is 5. The van der Waals surface area contributed by atoms with Crippen LogP contribution in [0.4, 0.5) is 0 Å². The van der Waals surface area contributed by atoms with Crippen molar-refractivity contribution >= 4 is 5.91 Å². The largest absolute Gasteiger partial charge is 0.385 e. The van der Waals surface area contributed by atoms with Crippen LogP contribution in [0.2, 0.25) is 0 Å². The number of amides is 1. The van der Waals surface area contributed by atoms with Crippen molar-refractivity contribution in [1.29, 1.82) is 0 Å². The minimum Gasteiger partial charge on any atom is -0.385 e. The Kier molecular flexibility index (Phi) is 5.97. The number of hydrogen-bond acceptors (Lipinski definition) is 4. The summed E-state index contributed by atoms with van der Waals surface area (Å²) in [5.74, 6) is 0.287. The number of piperidine rings is 1. The summed E-state index contributed by atoms with van der Waals surface area (Å²) in [5, 5.41) is 11.7. The van der Waals surface area contributed by atoms with E-state index in [-0.39, 0.29) is 17.9 Å². The van der Waals surface area contributed by atoms with Gasteiger partial charge in [0.05, 0.1) is 12.1 Å². The SMILES string of the molecule is CN(CC(=O)N1CC[C@@](O)(c2ccccc2)[C@H]2CCCC[C@H]21)Cc1ccncc1. The summed E-state index contributed by atoms with van der Waals surface area (Å²) < 4.78 is 0. The van der Waals surface area contributed by atoms with Crippen molar-refractivity contribution in [3.63, 3.8) is 0 Å². The van der Waals surface area contributed by atoms with Gasteiger partial charge in [-0.25, -0.2) is 0 Å². The third-order valence-corrected chi connectivity index (χ3v) is 6.68. The van der Waals surface area contributed by atoms with Gasteiger partial charge < -0.3 is 10.0 Å². The predicted octanol–water partition coefficient (Wildman–Crippen LogP) is 3.19. The number of carbonyl (C=O) groups excluding carboxylic acids is 1. The summed E-state index contributed by atoms with van der Waals surface area (Å²) in [6.07, 6.45) is 8.40. The van der Waals surface area contributed by atoms with Crippen molar-refractivity contribution in [1.82, 2.24) is 14.8 Å². The smallest absolute Gasteiger partial charge is 0.237 e. The summed E-state index contributed by atoms with van der Waals surface area (Å²) in [6.45, 7) is 1.74. The highest BCUT2D eigenvalue weighted by Crippen LogP contribution is 2.46. The highest BCUT2D eigenvalue weighted by atomic mass is 16.3. The number of likely N-dealkylation sites (tertiary alicyclic amines) is 1. The van der Waals surface area contributed by atoms with Crippen molar-refractivity contribution in [2.45, 2.75) is 50.3 Å². The van der Waals surface area contributed by atoms with Crippen molar-refractivity contribution in [3.8, 4) is 0 Å². The molecule has 1 aromatic carbocycles. The quantitative estimate of drug-likeness (QED) is 0.848. The number of pyridine rings is 1. The first kappa shape index (κ1) is 20.0. The Morgan fingerprint density at radius 1 is 1.17 bits per heavy atom. The molecule has 4 rings (SSSR count). The Hall–Kier alpha value is -2.24. The number of likely N-dealkylation sites (N-methyl/N-ethyl adjacent to an activating group) is 1. The highest BCUT2D eigenvalue weighted by Gasteiger charge is 2.50. The van der Waals surface area contributed by atoms with E-state index >= 15 is 0 Å². The number of benzene rings is 1. The van der Waals surface area contributed by atoms with Gasteiger partial charge in [-0.15, -0.1) is 0 Å². The van der Waals surface area contributed by atoms with E-state index in [0.29, 0.717) is 19.5 Å². The molecule has 0 spiro atoms. The predicted molar refractivity (Wildman–Crippen MR) is 113 cm³/mol. The van der Waals surface area contributed by atoms with Crippen molar-refractivity contribution in [3.05, 3.63) is 66.0 Å². The van der Waals surface area contributed by atoms with Crippen LogP contribution in [0.5, 0.6) is 0 Å². The molecular weight excluding hydrogens is 362 g/mol. The van der Waals surface area contributed by atoms with E-state index in [9.17, 15) is 9.90 Å². The zero-order valence-electron chi connectivity index (χ0n) is 17.2. The lowest BCUT2D eigenvalue weighted by atomic mass is 9.66. The van der Waals surface area contributed by atoms with Crippen molar-refractivity contribution in [2.24, 2.45) is 5.92 Å². The van der Waals surface area contributed by atoms with Gasteiger partial charge in [-0.3, -0.25) is 14.7 Å². The topological polar surface area (TPSA) is 56.7 Å². The number of nitrogens with zero attached hydrogens (tertiary/aromatic N) is 3. The van der Waals surface area contributed by atoms with E-state index in [2.05, 4.69) is 14.8 Å². The molecule has 1 aromatic heterocycles. The molecule has 2 heterocycles. The number of aliphatic hydroxyl groups is 1. The molecule has 2 aromatic rings. The van der Waals surface area contributed by atoms with Crippen LogP contribution >= 0.6 is 0 Å². The van der Waals surface area contributed by atoms with E-state index in [4.69, 9.17) is 0 Å². The fourth-order valence-corrected chi connectivity index (χ4v) is 5.26. The van der Waals surface area contributed by atoms with Crippen LogP contribution in [0.15, 0.2) is 54.9 Å². The highest BCUT2D eigenvalue weighted by molar-refractivity contribution is 5.79. The van der Waals surface area contributed by atoms with Crippen LogP contribution in [0.1, 0.15) is 43.2 Å². The van der Waals surface area contributed by atoms with Crippen LogP contribution in [0.25, 0.3) is 0 Å². The lowest BCUT2D eigenvalue weighted by Gasteiger charge is -2.52. The van der Waals surface area contributed by atoms with E-state index < -0.39 is 5.60 Å². The van der Waals surface area contributed by atoms with E-state index in [1.54, 1.807) is 12.4 Å². The zero-order valence-corrected chi connectivity index (χ0v) is 17.2. The maximum Gasteiger partial charge on any atom is 0.237 e. The summed E-state index contributed by atoms with van der Waals surface area (Å²) in [5.41, 5.74) is 1.33. The van der Waals surface area contributed by atoms with Crippen LogP contribution in [-0.2, 0) is 16.9 Å². The lowest BCUT2D eigenvalue weighted by molar-refractivity contribution is -0.155. The average Bonchev–Trinajstić information content (AvgIpc) is 2.75. The molecule has 5 heteroatoms. The molecule has 0 bridgehead atoms. The summed E-state index contributed by atoms with van der Waals surface area (Å²) >= 11 is 0. The fourth-order valence-electron chi connectivity index (χ4n) is 5.26. The number of fused-ring (bicyclic) bond motifs is 1. The Bertz CT molecular complexity index is 813. The minimum atomic E-state index is -0.827. The Balaban J connectivity index is 1.47. The average molecular weight is 394 g/mol. The standard InChI is InChI=1S/C24H31N3O2/c1-26(17-19-11-14-25-15-12-19)18-23(28)27-16-13-24(29,20-7-3-2-4-8-20)21-9-5-6-10-22(21)27/h2-4,7-8,11-12,14-15,21-22,29H,5-6,9-10,13,16-18H2,1H3/t21-,22+,24+/m0/s1. The molecule has 29 heavy (non-hydrogen) atoms. The van der Waals surface area contributed by atoms with Crippen LogP contribution in [-0.4, -0.2) is 52.0 Å². The van der Waals surface area contributed by atoms with Gasteiger partial charge in [-0.1, -0.05) is 43.2 Å².